The third-order valence-corrected chi connectivity index (χ3v) is 2.65. The molecule has 2 nitrogen and oxygen atoms in total. The molecule has 1 saturated heterocycles. The Labute approximate surface area is 73.7 Å². The van der Waals surface area contributed by atoms with E-state index in [0.29, 0.717) is 5.92 Å². The van der Waals surface area contributed by atoms with Crippen molar-refractivity contribution in [1.82, 2.24) is 0 Å². The van der Waals surface area contributed by atoms with Crippen molar-refractivity contribution < 1.29 is 9.47 Å². The molecule has 3 heteroatoms. The van der Waals surface area contributed by atoms with E-state index in [0.717, 1.165) is 19.6 Å². The Kier molecular flexibility index (Phi) is 3.69. The van der Waals surface area contributed by atoms with Crippen LogP contribution in [0.4, 0.5) is 0 Å². The molecule has 0 aromatic heterocycles. The Morgan fingerprint density at radius 3 is 2.27 bits per heavy atom. The van der Waals surface area contributed by atoms with E-state index < -0.39 is 0 Å². The highest BCUT2D eigenvalue weighted by atomic mass is 32.1. The van der Waals surface area contributed by atoms with Crippen molar-refractivity contribution in [3.8, 4) is 0 Å². The molecule has 0 aromatic carbocycles. The highest BCUT2D eigenvalue weighted by Gasteiger charge is 2.24. The van der Waals surface area contributed by atoms with Gasteiger partial charge in [-0.3, -0.25) is 0 Å². The minimum atomic E-state index is -0.0907. The van der Waals surface area contributed by atoms with Gasteiger partial charge in [-0.1, -0.05) is 13.8 Å². The summed E-state index contributed by atoms with van der Waals surface area (Å²) in [7, 11) is 0. The van der Waals surface area contributed by atoms with Crippen molar-refractivity contribution in [2.24, 2.45) is 5.92 Å². The number of hydrogen-bond acceptors (Lipinski definition) is 3. The van der Waals surface area contributed by atoms with Crippen LogP contribution < -0.4 is 0 Å². The molecule has 1 rings (SSSR count). The van der Waals surface area contributed by atoms with Gasteiger partial charge in [0.1, 0.15) is 0 Å². The summed E-state index contributed by atoms with van der Waals surface area (Å²) in [4.78, 5) is 0. The number of thiol groups is 1. The summed E-state index contributed by atoms with van der Waals surface area (Å²) in [6, 6.07) is 0. The minimum Gasteiger partial charge on any atom is -0.351 e. The lowest BCUT2D eigenvalue weighted by Gasteiger charge is -2.29. The highest BCUT2D eigenvalue weighted by molar-refractivity contribution is 7.81. The fraction of sp³-hybridized carbons (Fsp3) is 1.00. The molecule has 1 heterocycles. The molecule has 0 spiro atoms. The summed E-state index contributed by atoms with van der Waals surface area (Å²) >= 11 is 4.42. The van der Waals surface area contributed by atoms with Crippen LogP contribution in [0.25, 0.3) is 0 Å². The molecule has 1 unspecified atom stereocenters. The Morgan fingerprint density at radius 1 is 1.27 bits per heavy atom. The van der Waals surface area contributed by atoms with E-state index in [-0.39, 0.29) is 11.5 Å². The lowest BCUT2D eigenvalue weighted by molar-refractivity contribution is -0.181. The first-order valence-corrected chi connectivity index (χ1v) is 4.64. The van der Waals surface area contributed by atoms with Gasteiger partial charge in [-0.2, -0.15) is 12.6 Å². The predicted octanol–water partition coefficient (Wildman–Crippen LogP) is 1.70. The summed E-state index contributed by atoms with van der Waals surface area (Å²) in [5.74, 6) is 0.501. The summed E-state index contributed by atoms with van der Waals surface area (Å²) in [6.07, 6.45) is 0.918. The van der Waals surface area contributed by atoms with E-state index in [9.17, 15) is 0 Å². The maximum absolute atomic E-state index is 5.40. The number of hydrogen-bond donors (Lipinski definition) is 1. The van der Waals surface area contributed by atoms with E-state index in [1.54, 1.807) is 0 Å². The van der Waals surface area contributed by atoms with Crippen LogP contribution in [-0.4, -0.2) is 24.8 Å². The molecule has 1 aliphatic rings. The maximum atomic E-state index is 5.40. The molecule has 0 bridgehead atoms. The largest absolute Gasteiger partial charge is 0.351 e. The molecule has 0 aliphatic carbocycles. The van der Waals surface area contributed by atoms with Gasteiger partial charge in [-0.05, 0) is 12.3 Å². The maximum Gasteiger partial charge on any atom is 0.169 e. The third kappa shape index (κ3) is 2.65. The van der Waals surface area contributed by atoms with Gasteiger partial charge < -0.3 is 9.47 Å². The fourth-order valence-corrected chi connectivity index (χ4v) is 1.19. The molecular formula is C8H16O2S. The molecule has 1 fully saturated rings. The average molecular weight is 176 g/mol. The van der Waals surface area contributed by atoms with Gasteiger partial charge in [0.05, 0.1) is 18.5 Å². The zero-order chi connectivity index (χ0) is 8.27. The molecule has 66 valence electrons. The van der Waals surface area contributed by atoms with Crippen molar-refractivity contribution in [1.29, 1.82) is 0 Å². The van der Waals surface area contributed by atoms with E-state index >= 15 is 0 Å². The van der Waals surface area contributed by atoms with Gasteiger partial charge in [0.15, 0.2) is 6.29 Å². The van der Waals surface area contributed by atoms with Crippen LogP contribution in [0, 0.1) is 5.92 Å². The predicted molar refractivity (Wildman–Crippen MR) is 47.9 cm³/mol. The first kappa shape index (κ1) is 9.36. The van der Waals surface area contributed by atoms with Crippen LogP contribution >= 0.6 is 12.6 Å². The molecule has 11 heavy (non-hydrogen) atoms. The van der Waals surface area contributed by atoms with E-state index in [4.69, 9.17) is 9.47 Å². The number of rotatable bonds is 2. The van der Waals surface area contributed by atoms with Gasteiger partial charge in [0, 0.05) is 0 Å². The quantitative estimate of drug-likeness (QED) is 0.646. The zero-order valence-corrected chi connectivity index (χ0v) is 8.01. The fourth-order valence-electron chi connectivity index (χ4n) is 1.02. The third-order valence-electron chi connectivity index (χ3n) is 1.81. The first-order chi connectivity index (χ1) is 5.22. The van der Waals surface area contributed by atoms with Crippen LogP contribution in [0.5, 0.6) is 0 Å². The lowest BCUT2D eigenvalue weighted by Crippen LogP contribution is -2.35. The molecule has 1 aliphatic heterocycles. The molecular weight excluding hydrogens is 160 g/mol. The van der Waals surface area contributed by atoms with E-state index in [1.807, 2.05) is 0 Å². The second kappa shape index (κ2) is 4.33. The van der Waals surface area contributed by atoms with Crippen LogP contribution in [0.15, 0.2) is 0 Å². The van der Waals surface area contributed by atoms with Gasteiger partial charge in [0.25, 0.3) is 0 Å². The first-order valence-electron chi connectivity index (χ1n) is 4.13. The van der Waals surface area contributed by atoms with Crippen molar-refractivity contribution >= 4 is 12.6 Å². The van der Waals surface area contributed by atoms with Gasteiger partial charge in [0.2, 0.25) is 0 Å². The Hall–Kier alpha value is 0.270. The second-order valence-corrected chi connectivity index (χ2v) is 3.79. The summed E-state index contributed by atoms with van der Waals surface area (Å²) < 4.78 is 10.8. The molecule has 0 amide bonds. The monoisotopic (exact) mass is 176 g/mol. The van der Waals surface area contributed by atoms with Crippen LogP contribution in [-0.2, 0) is 9.47 Å². The van der Waals surface area contributed by atoms with Gasteiger partial charge in [-0.15, -0.1) is 0 Å². The SMILES string of the molecule is CC(C)C(S)C1OCCCO1. The smallest absolute Gasteiger partial charge is 0.169 e. The molecule has 0 radical (unpaired) electrons. The van der Waals surface area contributed by atoms with E-state index in [1.165, 1.54) is 0 Å². The Bertz CT molecular complexity index is 111. The Morgan fingerprint density at radius 2 is 1.82 bits per heavy atom. The summed E-state index contributed by atoms with van der Waals surface area (Å²) in [6.45, 7) is 5.88. The molecule has 0 saturated carbocycles. The van der Waals surface area contributed by atoms with Crippen LogP contribution in [0.1, 0.15) is 20.3 Å². The molecule has 0 aromatic rings. The van der Waals surface area contributed by atoms with Crippen molar-refractivity contribution in [3.05, 3.63) is 0 Å². The summed E-state index contributed by atoms with van der Waals surface area (Å²) in [5, 5.41) is 0.204. The second-order valence-electron chi connectivity index (χ2n) is 3.20. The van der Waals surface area contributed by atoms with Crippen LogP contribution in [0.3, 0.4) is 0 Å². The van der Waals surface area contributed by atoms with Crippen molar-refractivity contribution in [2.75, 3.05) is 13.2 Å². The van der Waals surface area contributed by atoms with Crippen LogP contribution in [0.2, 0.25) is 0 Å². The standard InChI is InChI=1S/C8H16O2S/c1-6(2)7(11)8-9-4-3-5-10-8/h6-8,11H,3-5H2,1-2H3. The molecule has 1 atom stereocenters. The summed E-state index contributed by atoms with van der Waals surface area (Å²) in [5.41, 5.74) is 0. The van der Waals surface area contributed by atoms with Crippen molar-refractivity contribution in [3.63, 3.8) is 0 Å². The topological polar surface area (TPSA) is 18.5 Å². The molecule has 0 N–H and O–H groups in total. The average Bonchev–Trinajstić information content (AvgIpc) is 2.05. The van der Waals surface area contributed by atoms with Gasteiger partial charge in [-0.25, -0.2) is 0 Å². The normalized spacial score (nSPS) is 24.0. The number of ether oxygens (including phenoxy) is 2. The lowest BCUT2D eigenvalue weighted by atomic mass is 10.1. The van der Waals surface area contributed by atoms with Crippen molar-refractivity contribution in [2.45, 2.75) is 31.8 Å². The zero-order valence-electron chi connectivity index (χ0n) is 7.12. The van der Waals surface area contributed by atoms with E-state index in [2.05, 4.69) is 26.5 Å². The minimum absolute atomic E-state index is 0.0907. The Balaban J connectivity index is 2.32. The van der Waals surface area contributed by atoms with Gasteiger partial charge >= 0.3 is 0 Å². The highest BCUT2D eigenvalue weighted by Crippen LogP contribution is 2.19.